The van der Waals surface area contributed by atoms with Gasteiger partial charge in [0.15, 0.2) is 0 Å². The van der Waals surface area contributed by atoms with Crippen LogP contribution in [0.4, 0.5) is 0 Å². The van der Waals surface area contributed by atoms with Gasteiger partial charge in [-0.05, 0) is 38.5 Å². The minimum absolute atomic E-state index is 0.163. The molecule has 0 spiro atoms. The highest BCUT2D eigenvalue weighted by Gasteiger charge is 2.09. The Morgan fingerprint density at radius 3 is 1.02 bits per heavy atom. The number of rotatable bonds is 42. The van der Waals surface area contributed by atoms with Crippen molar-refractivity contribution in [3.63, 3.8) is 0 Å². The Hall–Kier alpha value is -1.85. The summed E-state index contributed by atoms with van der Waals surface area (Å²) < 4.78 is 0. The Bertz CT molecular complexity index is 883. The first kappa shape index (κ1) is 60.5. The molecule has 0 aromatic carbocycles. The third kappa shape index (κ3) is 58.5. The lowest BCUT2D eigenvalue weighted by Gasteiger charge is -2.09. The average Bonchev–Trinajstić information content (AvgIpc) is 3.19. The Labute approximate surface area is 362 Å². The number of carboxylic acid groups (broad SMARTS) is 3. The molecule has 58 heavy (non-hydrogen) atoms. The largest absolute Gasteiger partial charge is 0.481 e. The zero-order chi connectivity index (χ0) is 43.7. The number of allylic oxidation sites excluding steroid dienone is 1. The van der Waals surface area contributed by atoms with Crippen LogP contribution in [-0.4, -0.2) is 33.2 Å². The van der Waals surface area contributed by atoms with Crippen molar-refractivity contribution in [3.8, 4) is 0 Å². The number of hydrogen-bond donors (Lipinski definition) is 3. The fourth-order valence-electron chi connectivity index (χ4n) is 7.34. The monoisotopic (exact) mass is 823 g/mol. The Kier molecular flexibility index (Phi) is 53.5. The summed E-state index contributed by atoms with van der Waals surface area (Å²) in [6, 6.07) is 0. The maximum absolute atomic E-state index is 10.6. The summed E-state index contributed by atoms with van der Waals surface area (Å²) in [7, 11) is 0. The molecule has 0 rings (SSSR count). The lowest BCUT2D eigenvalue weighted by atomic mass is 9.97. The SMILES string of the molecule is CCCCCCCCCCCCCC(C)=CCC(=O)O.CCCCCCCCCCCCCC(C)C(=O)O.CCCCCCCCCCCCCC(C)CCC(=O)O. The molecule has 0 radical (unpaired) electrons. The molecule has 6 heteroatoms. The molecular weight excluding hydrogens is 721 g/mol. The molecule has 2 atom stereocenters. The summed E-state index contributed by atoms with van der Waals surface area (Å²) in [4.78, 5) is 31.5. The predicted octanol–water partition coefficient (Wildman–Crippen LogP) is 17.7. The molecule has 2 unspecified atom stereocenters. The molecule has 0 amide bonds. The maximum Gasteiger partial charge on any atom is 0.307 e. The standard InChI is InChI=1S/C18H36O2.C18H34O2.C16H32O2/c2*1-3-4-5-6-7-8-9-10-11-12-13-14-17(2)15-16-18(19)20;1-3-4-5-6-7-8-9-10-11-12-13-14-15(2)16(17)18/h17H,3-16H2,1-2H3,(H,19,20);15H,3-14,16H2,1-2H3,(H,19,20);15H,3-14H2,1-2H3,(H,17,18). The van der Waals surface area contributed by atoms with Gasteiger partial charge in [0.05, 0.1) is 12.3 Å². The van der Waals surface area contributed by atoms with Crippen LogP contribution in [-0.2, 0) is 14.4 Å². The highest BCUT2D eigenvalue weighted by molar-refractivity contribution is 5.69. The summed E-state index contributed by atoms with van der Waals surface area (Å²) >= 11 is 0. The van der Waals surface area contributed by atoms with E-state index in [1.807, 2.05) is 13.0 Å². The van der Waals surface area contributed by atoms with Gasteiger partial charge in [0.25, 0.3) is 0 Å². The van der Waals surface area contributed by atoms with Crippen molar-refractivity contribution in [2.45, 2.75) is 292 Å². The third-order valence-corrected chi connectivity index (χ3v) is 11.6. The predicted molar refractivity (Wildman–Crippen MR) is 252 cm³/mol. The second kappa shape index (κ2) is 51.3. The normalized spacial score (nSPS) is 12.3. The molecular formula is C52H102O6. The molecule has 0 saturated carbocycles. The van der Waals surface area contributed by atoms with Crippen LogP contribution in [0.5, 0.6) is 0 Å². The zero-order valence-electron chi connectivity index (χ0n) is 39.9. The van der Waals surface area contributed by atoms with Gasteiger partial charge in [-0.2, -0.15) is 0 Å². The first-order chi connectivity index (χ1) is 28.0. The van der Waals surface area contributed by atoms with Crippen LogP contribution in [0.25, 0.3) is 0 Å². The van der Waals surface area contributed by atoms with Gasteiger partial charge in [0, 0.05) is 6.42 Å². The van der Waals surface area contributed by atoms with E-state index in [9.17, 15) is 14.4 Å². The van der Waals surface area contributed by atoms with Gasteiger partial charge in [0.1, 0.15) is 0 Å². The minimum atomic E-state index is -0.733. The summed E-state index contributed by atoms with van der Waals surface area (Å²) in [5, 5.41) is 25.9. The van der Waals surface area contributed by atoms with Gasteiger partial charge in [0.2, 0.25) is 0 Å². The third-order valence-electron chi connectivity index (χ3n) is 11.6. The van der Waals surface area contributed by atoms with Gasteiger partial charge < -0.3 is 15.3 Å². The number of carboxylic acids is 3. The second-order valence-electron chi connectivity index (χ2n) is 17.9. The van der Waals surface area contributed by atoms with Crippen LogP contribution < -0.4 is 0 Å². The topological polar surface area (TPSA) is 112 Å². The summed E-state index contributed by atoms with van der Waals surface area (Å²) in [5.74, 6) is -1.63. The van der Waals surface area contributed by atoms with Gasteiger partial charge >= 0.3 is 17.9 Å². The molecule has 6 nitrogen and oxygen atoms in total. The first-order valence-electron chi connectivity index (χ1n) is 25.3. The first-order valence-corrected chi connectivity index (χ1v) is 25.3. The van der Waals surface area contributed by atoms with Gasteiger partial charge in [-0.3, -0.25) is 14.4 Å². The molecule has 0 saturated heterocycles. The van der Waals surface area contributed by atoms with E-state index < -0.39 is 17.9 Å². The van der Waals surface area contributed by atoms with E-state index in [0.29, 0.717) is 12.3 Å². The Morgan fingerprint density at radius 2 is 0.707 bits per heavy atom. The van der Waals surface area contributed by atoms with Crippen molar-refractivity contribution in [2.75, 3.05) is 0 Å². The highest BCUT2D eigenvalue weighted by atomic mass is 16.4. The molecule has 0 bridgehead atoms. The molecule has 0 aliphatic heterocycles. The van der Waals surface area contributed by atoms with Crippen molar-refractivity contribution in [3.05, 3.63) is 11.6 Å². The van der Waals surface area contributed by atoms with Crippen molar-refractivity contribution in [1.29, 1.82) is 0 Å². The smallest absolute Gasteiger partial charge is 0.307 e. The van der Waals surface area contributed by atoms with Crippen molar-refractivity contribution >= 4 is 17.9 Å². The fraction of sp³-hybridized carbons (Fsp3) is 0.904. The Morgan fingerprint density at radius 1 is 0.397 bits per heavy atom. The van der Waals surface area contributed by atoms with E-state index in [-0.39, 0.29) is 12.3 Å². The summed E-state index contributed by atoms with van der Waals surface area (Å²) in [5.41, 5.74) is 1.23. The van der Waals surface area contributed by atoms with Crippen LogP contribution in [0.3, 0.4) is 0 Å². The van der Waals surface area contributed by atoms with Crippen LogP contribution in [0, 0.1) is 11.8 Å². The quantitative estimate of drug-likeness (QED) is 0.0418. The van der Waals surface area contributed by atoms with Gasteiger partial charge in [-0.1, -0.05) is 258 Å². The molecule has 0 aromatic rings. The van der Waals surface area contributed by atoms with Crippen LogP contribution in [0.15, 0.2) is 11.6 Å². The number of unbranched alkanes of at least 4 members (excludes halogenated alkanes) is 30. The molecule has 0 aromatic heterocycles. The molecule has 0 aliphatic carbocycles. The zero-order valence-corrected chi connectivity index (χ0v) is 39.9. The van der Waals surface area contributed by atoms with E-state index >= 15 is 0 Å². The highest BCUT2D eigenvalue weighted by Crippen LogP contribution is 2.18. The number of hydrogen-bond acceptors (Lipinski definition) is 3. The van der Waals surface area contributed by atoms with Gasteiger partial charge in [-0.15, -0.1) is 0 Å². The molecule has 0 heterocycles. The van der Waals surface area contributed by atoms with E-state index in [2.05, 4.69) is 27.7 Å². The van der Waals surface area contributed by atoms with Crippen molar-refractivity contribution < 1.29 is 29.7 Å². The van der Waals surface area contributed by atoms with E-state index in [1.54, 1.807) is 6.92 Å². The van der Waals surface area contributed by atoms with E-state index in [4.69, 9.17) is 15.3 Å². The fourth-order valence-corrected chi connectivity index (χ4v) is 7.34. The van der Waals surface area contributed by atoms with Crippen molar-refractivity contribution in [2.24, 2.45) is 11.8 Å². The minimum Gasteiger partial charge on any atom is -0.481 e. The van der Waals surface area contributed by atoms with Gasteiger partial charge in [-0.25, -0.2) is 0 Å². The van der Waals surface area contributed by atoms with E-state index in [0.717, 1.165) is 25.7 Å². The average molecular weight is 823 g/mol. The van der Waals surface area contributed by atoms with E-state index in [1.165, 1.54) is 217 Å². The molecule has 346 valence electrons. The Balaban J connectivity index is -0.000000784. The molecule has 3 N–H and O–H groups in total. The lowest BCUT2D eigenvalue weighted by molar-refractivity contribution is -0.141. The lowest BCUT2D eigenvalue weighted by Crippen LogP contribution is -2.08. The number of carbonyl (C=O) groups is 3. The maximum atomic E-state index is 10.6. The van der Waals surface area contributed by atoms with Crippen LogP contribution in [0.2, 0.25) is 0 Å². The molecule has 0 fully saturated rings. The van der Waals surface area contributed by atoms with Crippen LogP contribution >= 0.6 is 0 Å². The molecule has 0 aliphatic rings. The summed E-state index contributed by atoms with van der Waals surface area (Å²) in [6.45, 7) is 12.8. The summed E-state index contributed by atoms with van der Waals surface area (Å²) in [6.07, 6.45) is 51.0. The van der Waals surface area contributed by atoms with Crippen LogP contribution in [0.1, 0.15) is 292 Å². The number of aliphatic carboxylic acids is 3. The second-order valence-corrected chi connectivity index (χ2v) is 17.9. The van der Waals surface area contributed by atoms with Crippen molar-refractivity contribution in [1.82, 2.24) is 0 Å².